The van der Waals surface area contributed by atoms with Crippen LogP contribution >= 0.6 is 0 Å². The fourth-order valence-corrected chi connectivity index (χ4v) is 1.29. The number of hydrogen-bond acceptors (Lipinski definition) is 2. The van der Waals surface area contributed by atoms with Crippen LogP contribution in [0.2, 0.25) is 0 Å². The zero-order valence-electron chi connectivity index (χ0n) is 9.03. The maximum Gasteiger partial charge on any atom is 0.254 e. The first-order valence-electron chi connectivity index (χ1n) is 4.92. The van der Waals surface area contributed by atoms with Crippen molar-refractivity contribution in [2.45, 2.75) is 13.8 Å². The van der Waals surface area contributed by atoms with E-state index in [9.17, 15) is 4.79 Å². The first-order chi connectivity index (χ1) is 7.19. The summed E-state index contributed by atoms with van der Waals surface area (Å²) in [6.45, 7) is 4.54. The molecule has 1 aromatic carbocycles. The molecule has 0 heterocycles. The summed E-state index contributed by atoms with van der Waals surface area (Å²) < 4.78 is 0. The second-order valence-corrected chi connectivity index (χ2v) is 3.34. The minimum atomic E-state index is -0.0842. The summed E-state index contributed by atoms with van der Waals surface area (Å²) in [6.07, 6.45) is 0. The second kappa shape index (κ2) is 5.16. The Morgan fingerprint density at radius 3 is 2.47 bits per heavy atom. The SMILES string of the molecule is CCN(CC#N)C(=O)c1ccc(C)cc1. The Balaban J connectivity index is 2.84. The van der Waals surface area contributed by atoms with E-state index in [0.29, 0.717) is 12.1 Å². The molecular weight excluding hydrogens is 188 g/mol. The number of hydrogen-bond donors (Lipinski definition) is 0. The van der Waals surface area contributed by atoms with Crippen LogP contribution in [-0.2, 0) is 0 Å². The molecule has 0 spiro atoms. The lowest BCUT2D eigenvalue weighted by Crippen LogP contribution is -2.31. The molecule has 0 N–H and O–H groups in total. The molecule has 0 saturated carbocycles. The van der Waals surface area contributed by atoms with Crippen LogP contribution in [0.1, 0.15) is 22.8 Å². The van der Waals surface area contributed by atoms with E-state index < -0.39 is 0 Å². The van der Waals surface area contributed by atoms with Crippen LogP contribution in [0.5, 0.6) is 0 Å². The zero-order valence-corrected chi connectivity index (χ0v) is 9.03. The molecule has 0 aliphatic carbocycles. The standard InChI is InChI=1S/C12H14N2O/c1-3-14(9-8-13)12(15)11-6-4-10(2)5-7-11/h4-7H,3,9H2,1-2H3. The van der Waals surface area contributed by atoms with Crippen molar-refractivity contribution < 1.29 is 4.79 Å². The molecule has 0 aromatic heterocycles. The van der Waals surface area contributed by atoms with E-state index in [0.717, 1.165) is 5.56 Å². The van der Waals surface area contributed by atoms with Crippen molar-refractivity contribution in [1.82, 2.24) is 4.90 Å². The minimum Gasteiger partial charge on any atom is -0.326 e. The van der Waals surface area contributed by atoms with Gasteiger partial charge in [0.2, 0.25) is 0 Å². The largest absolute Gasteiger partial charge is 0.326 e. The van der Waals surface area contributed by atoms with E-state index in [1.54, 1.807) is 12.1 Å². The van der Waals surface area contributed by atoms with Gasteiger partial charge in [0.25, 0.3) is 5.91 Å². The summed E-state index contributed by atoms with van der Waals surface area (Å²) in [4.78, 5) is 13.4. The highest BCUT2D eigenvalue weighted by atomic mass is 16.2. The normalized spacial score (nSPS) is 9.40. The third-order valence-electron chi connectivity index (χ3n) is 2.23. The summed E-state index contributed by atoms with van der Waals surface area (Å²) in [6, 6.07) is 9.36. The second-order valence-electron chi connectivity index (χ2n) is 3.34. The van der Waals surface area contributed by atoms with Gasteiger partial charge >= 0.3 is 0 Å². The topological polar surface area (TPSA) is 44.1 Å². The fraction of sp³-hybridized carbons (Fsp3) is 0.333. The molecule has 0 aliphatic rings. The van der Waals surface area contributed by atoms with Gasteiger partial charge in [0.05, 0.1) is 6.07 Å². The highest BCUT2D eigenvalue weighted by Crippen LogP contribution is 2.06. The van der Waals surface area contributed by atoms with Crippen molar-refractivity contribution in [3.8, 4) is 6.07 Å². The van der Waals surface area contributed by atoms with Crippen molar-refractivity contribution in [3.63, 3.8) is 0 Å². The lowest BCUT2D eigenvalue weighted by Gasteiger charge is -2.17. The first kappa shape index (κ1) is 11.3. The smallest absolute Gasteiger partial charge is 0.254 e. The maximum atomic E-state index is 11.9. The van der Waals surface area contributed by atoms with Crippen LogP contribution in [0.4, 0.5) is 0 Å². The molecule has 15 heavy (non-hydrogen) atoms. The van der Waals surface area contributed by atoms with Crippen LogP contribution in [0.15, 0.2) is 24.3 Å². The molecule has 1 rings (SSSR count). The van der Waals surface area contributed by atoms with E-state index >= 15 is 0 Å². The van der Waals surface area contributed by atoms with E-state index in [4.69, 9.17) is 5.26 Å². The van der Waals surface area contributed by atoms with Crippen LogP contribution in [0.3, 0.4) is 0 Å². The number of rotatable bonds is 3. The Bertz CT molecular complexity index is 376. The number of nitrogens with zero attached hydrogens (tertiary/aromatic N) is 2. The average molecular weight is 202 g/mol. The lowest BCUT2D eigenvalue weighted by molar-refractivity contribution is 0.0784. The molecule has 3 heteroatoms. The van der Waals surface area contributed by atoms with E-state index in [1.165, 1.54) is 4.90 Å². The minimum absolute atomic E-state index is 0.0842. The molecule has 3 nitrogen and oxygen atoms in total. The summed E-state index contributed by atoms with van der Waals surface area (Å²) in [5.74, 6) is -0.0842. The quantitative estimate of drug-likeness (QED) is 0.703. The monoisotopic (exact) mass is 202 g/mol. The zero-order chi connectivity index (χ0) is 11.3. The number of carbonyl (C=O) groups is 1. The maximum absolute atomic E-state index is 11.9. The number of amides is 1. The van der Waals surface area contributed by atoms with Crippen LogP contribution in [0, 0.1) is 18.3 Å². The van der Waals surface area contributed by atoms with Gasteiger partial charge in [0.15, 0.2) is 0 Å². The van der Waals surface area contributed by atoms with Gasteiger partial charge in [-0.3, -0.25) is 4.79 Å². The number of nitriles is 1. The molecule has 78 valence electrons. The van der Waals surface area contributed by atoms with Gasteiger partial charge in [0, 0.05) is 12.1 Å². The highest BCUT2D eigenvalue weighted by molar-refractivity contribution is 5.94. The van der Waals surface area contributed by atoms with Crippen LogP contribution in [0.25, 0.3) is 0 Å². The summed E-state index contributed by atoms with van der Waals surface area (Å²) >= 11 is 0. The van der Waals surface area contributed by atoms with Crippen molar-refractivity contribution in [3.05, 3.63) is 35.4 Å². The summed E-state index contributed by atoms with van der Waals surface area (Å²) in [7, 11) is 0. The number of benzene rings is 1. The van der Waals surface area contributed by atoms with Crippen LogP contribution < -0.4 is 0 Å². The Labute approximate surface area is 89.9 Å². The van der Waals surface area contributed by atoms with Gasteiger partial charge < -0.3 is 4.90 Å². The average Bonchev–Trinajstić information content (AvgIpc) is 2.26. The van der Waals surface area contributed by atoms with Gasteiger partial charge in [-0.25, -0.2) is 0 Å². The third kappa shape index (κ3) is 2.81. The van der Waals surface area contributed by atoms with Gasteiger partial charge in [-0.15, -0.1) is 0 Å². The van der Waals surface area contributed by atoms with Gasteiger partial charge in [-0.2, -0.15) is 5.26 Å². The molecule has 0 saturated heterocycles. The van der Waals surface area contributed by atoms with Crippen molar-refractivity contribution in [2.24, 2.45) is 0 Å². The Hall–Kier alpha value is -1.82. The van der Waals surface area contributed by atoms with E-state index in [2.05, 4.69) is 0 Å². The molecule has 0 atom stereocenters. The number of carbonyl (C=O) groups excluding carboxylic acids is 1. The molecule has 1 aromatic rings. The third-order valence-corrected chi connectivity index (χ3v) is 2.23. The lowest BCUT2D eigenvalue weighted by atomic mass is 10.1. The van der Waals surface area contributed by atoms with Gasteiger partial charge in [-0.1, -0.05) is 17.7 Å². The molecule has 0 bridgehead atoms. The van der Waals surface area contributed by atoms with Gasteiger partial charge in [-0.05, 0) is 26.0 Å². The van der Waals surface area contributed by atoms with Crippen molar-refractivity contribution >= 4 is 5.91 Å². The Morgan fingerprint density at radius 2 is 2.00 bits per heavy atom. The molecular formula is C12H14N2O. The highest BCUT2D eigenvalue weighted by Gasteiger charge is 2.12. The summed E-state index contributed by atoms with van der Waals surface area (Å²) in [5, 5.41) is 8.56. The molecule has 0 unspecified atom stereocenters. The molecule has 0 radical (unpaired) electrons. The van der Waals surface area contributed by atoms with E-state index in [1.807, 2.05) is 32.0 Å². The molecule has 0 fully saturated rings. The Morgan fingerprint density at radius 1 is 1.40 bits per heavy atom. The molecule has 1 amide bonds. The number of aryl methyl sites for hydroxylation is 1. The predicted octanol–water partition coefficient (Wildman–Crippen LogP) is 1.98. The predicted molar refractivity (Wildman–Crippen MR) is 58.4 cm³/mol. The van der Waals surface area contributed by atoms with Gasteiger partial charge in [0.1, 0.15) is 6.54 Å². The van der Waals surface area contributed by atoms with Crippen LogP contribution in [-0.4, -0.2) is 23.9 Å². The van der Waals surface area contributed by atoms with Crippen molar-refractivity contribution in [2.75, 3.05) is 13.1 Å². The fourth-order valence-electron chi connectivity index (χ4n) is 1.29. The van der Waals surface area contributed by atoms with Crippen molar-refractivity contribution in [1.29, 1.82) is 5.26 Å². The summed E-state index contributed by atoms with van der Waals surface area (Å²) in [5.41, 5.74) is 1.76. The Kier molecular flexibility index (Phi) is 3.87. The molecule has 0 aliphatic heterocycles. The first-order valence-corrected chi connectivity index (χ1v) is 4.92. The van der Waals surface area contributed by atoms with E-state index in [-0.39, 0.29) is 12.5 Å².